The Balaban J connectivity index is 2.10. The molecule has 1 aromatic carbocycles. The zero-order valence-electron chi connectivity index (χ0n) is 11.7. The minimum atomic E-state index is -0.760. The van der Waals surface area contributed by atoms with E-state index in [1.165, 1.54) is 5.56 Å². The summed E-state index contributed by atoms with van der Waals surface area (Å²) in [7, 11) is 0. The van der Waals surface area contributed by atoms with Gasteiger partial charge in [0.15, 0.2) is 0 Å². The Morgan fingerprint density at radius 2 is 1.80 bits per heavy atom. The number of rotatable bonds is 3. The molecule has 1 fully saturated rings. The molecule has 1 aliphatic carbocycles. The van der Waals surface area contributed by atoms with Crippen LogP contribution in [0.4, 0.5) is 0 Å². The van der Waals surface area contributed by atoms with Crippen molar-refractivity contribution in [3.8, 4) is 11.3 Å². The average Bonchev–Trinajstić information content (AvgIpc) is 3.09. The van der Waals surface area contributed by atoms with Crippen molar-refractivity contribution in [3.05, 3.63) is 48.2 Å². The molecule has 1 aromatic heterocycles. The minimum absolute atomic E-state index is 0.709. The predicted molar refractivity (Wildman–Crippen MR) is 78.7 cm³/mol. The Hall–Kier alpha value is -2.03. The molecule has 2 aromatic rings. The van der Waals surface area contributed by atoms with E-state index in [2.05, 4.69) is 31.2 Å². The molecule has 1 saturated carbocycles. The number of carbonyl (C=O) groups is 1. The minimum Gasteiger partial charge on any atom is -0.479 e. The summed E-state index contributed by atoms with van der Waals surface area (Å²) < 4.78 is 1.97. The van der Waals surface area contributed by atoms with Crippen molar-refractivity contribution < 1.29 is 9.90 Å². The summed E-state index contributed by atoms with van der Waals surface area (Å²) in [4.78, 5) is 11.8. The Kier molecular flexibility index (Phi) is 3.13. The third-order valence-corrected chi connectivity index (χ3v) is 4.39. The Morgan fingerprint density at radius 3 is 2.40 bits per heavy atom. The molecule has 3 nitrogen and oxygen atoms in total. The smallest absolute Gasteiger partial charge is 0.329 e. The lowest BCUT2D eigenvalue weighted by molar-refractivity contribution is -0.147. The zero-order chi connectivity index (χ0) is 14.2. The molecule has 3 rings (SSSR count). The first-order valence-electron chi connectivity index (χ1n) is 7.12. The quantitative estimate of drug-likeness (QED) is 0.920. The maximum absolute atomic E-state index is 11.8. The van der Waals surface area contributed by atoms with Crippen LogP contribution in [-0.2, 0) is 10.3 Å². The summed E-state index contributed by atoms with van der Waals surface area (Å²) >= 11 is 0. The highest BCUT2D eigenvalue weighted by Gasteiger charge is 2.43. The number of benzene rings is 1. The van der Waals surface area contributed by atoms with E-state index in [1.807, 2.05) is 22.9 Å². The molecule has 0 atom stereocenters. The van der Waals surface area contributed by atoms with Crippen molar-refractivity contribution in [2.24, 2.45) is 0 Å². The fourth-order valence-electron chi connectivity index (χ4n) is 3.23. The zero-order valence-corrected chi connectivity index (χ0v) is 11.7. The molecule has 0 saturated heterocycles. The molecular formula is C17H19NO2. The second kappa shape index (κ2) is 4.82. The van der Waals surface area contributed by atoms with E-state index in [0.29, 0.717) is 0 Å². The highest BCUT2D eigenvalue weighted by atomic mass is 16.4. The largest absolute Gasteiger partial charge is 0.479 e. The molecule has 104 valence electrons. The number of aliphatic carboxylic acids is 1. The second-order valence-electron chi connectivity index (χ2n) is 5.67. The summed E-state index contributed by atoms with van der Waals surface area (Å²) in [6.07, 6.45) is 5.32. The first-order chi connectivity index (χ1) is 9.63. The van der Waals surface area contributed by atoms with Crippen LogP contribution in [0.2, 0.25) is 0 Å². The number of carboxylic acid groups (broad SMARTS) is 1. The van der Waals surface area contributed by atoms with Gasteiger partial charge in [-0.3, -0.25) is 0 Å². The van der Waals surface area contributed by atoms with E-state index < -0.39 is 11.5 Å². The van der Waals surface area contributed by atoms with E-state index in [-0.39, 0.29) is 0 Å². The number of nitrogens with zero attached hydrogens (tertiary/aromatic N) is 1. The second-order valence-corrected chi connectivity index (χ2v) is 5.67. The number of aromatic nitrogens is 1. The van der Waals surface area contributed by atoms with Crippen LogP contribution in [0.15, 0.2) is 42.6 Å². The molecule has 1 aliphatic rings. The van der Waals surface area contributed by atoms with Crippen LogP contribution in [0.25, 0.3) is 11.3 Å². The van der Waals surface area contributed by atoms with Crippen molar-refractivity contribution in [2.75, 3.05) is 0 Å². The van der Waals surface area contributed by atoms with Crippen LogP contribution in [-0.4, -0.2) is 15.6 Å². The number of carboxylic acids is 1. The van der Waals surface area contributed by atoms with Gasteiger partial charge in [-0.25, -0.2) is 4.79 Å². The molecule has 20 heavy (non-hydrogen) atoms. The van der Waals surface area contributed by atoms with Crippen LogP contribution < -0.4 is 0 Å². The lowest BCUT2D eigenvalue weighted by atomic mass is 9.96. The Labute approximate surface area is 118 Å². The lowest BCUT2D eigenvalue weighted by Crippen LogP contribution is -2.39. The molecule has 0 radical (unpaired) electrons. The van der Waals surface area contributed by atoms with Gasteiger partial charge < -0.3 is 9.67 Å². The standard InChI is InChI=1S/C17H19NO2/c1-13-6-8-14(9-7-13)15-5-4-12-18(15)17(16(19)20)10-2-3-11-17/h4-9,12H,2-3,10-11H2,1H3,(H,19,20). The third-order valence-electron chi connectivity index (χ3n) is 4.39. The van der Waals surface area contributed by atoms with E-state index in [1.54, 1.807) is 0 Å². The fourth-order valence-corrected chi connectivity index (χ4v) is 3.23. The summed E-state index contributed by atoms with van der Waals surface area (Å²) in [6, 6.07) is 12.2. The molecule has 0 spiro atoms. The van der Waals surface area contributed by atoms with E-state index in [9.17, 15) is 9.90 Å². The fraction of sp³-hybridized carbons (Fsp3) is 0.353. The SMILES string of the molecule is Cc1ccc(-c2cccn2C2(C(=O)O)CCCC2)cc1. The number of aryl methyl sites for hydroxylation is 1. The summed E-state index contributed by atoms with van der Waals surface area (Å²) in [5.41, 5.74) is 2.52. The molecular weight excluding hydrogens is 250 g/mol. The molecule has 1 heterocycles. The van der Waals surface area contributed by atoms with E-state index in [0.717, 1.165) is 36.9 Å². The van der Waals surface area contributed by atoms with Gasteiger partial charge in [-0.1, -0.05) is 42.7 Å². The normalized spacial score (nSPS) is 17.2. The van der Waals surface area contributed by atoms with E-state index >= 15 is 0 Å². The predicted octanol–water partition coefficient (Wildman–Crippen LogP) is 3.82. The maximum atomic E-state index is 11.8. The van der Waals surface area contributed by atoms with Gasteiger partial charge in [0.05, 0.1) is 0 Å². The Bertz CT molecular complexity index is 619. The summed E-state index contributed by atoms with van der Waals surface area (Å²) in [6.45, 7) is 2.05. The van der Waals surface area contributed by atoms with Crippen LogP contribution in [0.5, 0.6) is 0 Å². The van der Waals surface area contributed by atoms with Crippen molar-refractivity contribution in [1.82, 2.24) is 4.57 Å². The summed E-state index contributed by atoms with van der Waals surface area (Å²) in [5.74, 6) is -0.709. The molecule has 0 unspecified atom stereocenters. The number of hydrogen-bond donors (Lipinski definition) is 1. The van der Waals surface area contributed by atoms with Crippen molar-refractivity contribution in [3.63, 3.8) is 0 Å². The van der Waals surface area contributed by atoms with Gasteiger partial charge in [0.1, 0.15) is 5.54 Å². The van der Waals surface area contributed by atoms with Crippen LogP contribution in [0.1, 0.15) is 31.2 Å². The van der Waals surface area contributed by atoms with Crippen molar-refractivity contribution in [1.29, 1.82) is 0 Å². The first-order valence-corrected chi connectivity index (χ1v) is 7.12. The summed E-state index contributed by atoms with van der Waals surface area (Å²) in [5, 5.41) is 9.73. The Morgan fingerprint density at radius 1 is 1.15 bits per heavy atom. The average molecular weight is 269 g/mol. The number of hydrogen-bond acceptors (Lipinski definition) is 1. The van der Waals surface area contributed by atoms with Crippen LogP contribution in [0.3, 0.4) is 0 Å². The maximum Gasteiger partial charge on any atom is 0.329 e. The third kappa shape index (κ3) is 1.94. The van der Waals surface area contributed by atoms with Crippen LogP contribution in [0, 0.1) is 6.92 Å². The first kappa shape index (κ1) is 13.0. The monoisotopic (exact) mass is 269 g/mol. The molecule has 0 bridgehead atoms. The van der Waals surface area contributed by atoms with Gasteiger partial charge in [0.25, 0.3) is 0 Å². The van der Waals surface area contributed by atoms with Crippen LogP contribution >= 0.6 is 0 Å². The topological polar surface area (TPSA) is 42.2 Å². The van der Waals surface area contributed by atoms with Crippen molar-refractivity contribution >= 4 is 5.97 Å². The van der Waals surface area contributed by atoms with Gasteiger partial charge in [-0.05, 0) is 37.5 Å². The molecule has 0 amide bonds. The highest BCUT2D eigenvalue weighted by Crippen LogP contribution is 2.40. The van der Waals surface area contributed by atoms with Crippen molar-refractivity contribution in [2.45, 2.75) is 38.1 Å². The van der Waals surface area contributed by atoms with E-state index in [4.69, 9.17) is 0 Å². The van der Waals surface area contributed by atoms with Gasteiger partial charge in [-0.15, -0.1) is 0 Å². The molecule has 0 aliphatic heterocycles. The molecule has 1 N–H and O–H groups in total. The highest BCUT2D eigenvalue weighted by molar-refractivity contribution is 5.79. The van der Waals surface area contributed by atoms with Gasteiger partial charge in [0.2, 0.25) is 0 Å². The molecule has 3 heteroatoms. The van der Waals surface area contributed by atoms with Gasteiger partial charge >= 0.3 is 5.97 Å². The lowest BCUT2D eigenvalue weighted by Gasteiger charge is -2.28. The van der Waals surface area contributed by atoms with Gasteiger partial charge in [0, 0.05) is 11.9 Å². The van der Waals surface area contributed by atoms with Gasteiger partial charge in [-0.2, -0.15) is 0 Å².